The number of pyridine rings is 1. The van der Waals surface area contributed by atoms with Gasteiger partial charge in [0.05, 0.1) is 28.9 Å². The van der Waals surface area contributed by atoms with Gasteiger partial charge < -0.3 is 5.32 Å². The molecule has 0 spiro atoms. The molecule has 0 aliphatic heterocycles. The average Bonchev–Trinajstić information content (AvgIpc) is 2.53. The Morgan fingerprint density at radius 3 is 2.33 bits per heavy atom. The summed E-state index contributed by atoms with van der Waals surface area (Å²) in [6.45, 7) is 3.10. The van der Waals surface area contributed by atoms with E-state index < -0.39 is 17.8 Å². The predicted molar refractivity (Wildman–Crippen MR) is 81.0 cm³/mol. The highest BCUT2D eigenvalue weighted by Gasteiger charge is 2.33. The van der Waals surface area contributed by atoms with Crippen LogP contribution in [-0.2, 0) is 6.18 Å². The molecule has 7 heteroatoms. The standard InChI is InChI=1S/C17H14F3N3O/c1-10(13-5-3-12(9-21)4-6-13)23-16(24)14-7-8-15(17(18,19)20)22-11(14)2/h3-8,10H,1-2H3,(H,23,24). The minimum absolute atomic E-state index is 0.00866. The van der Waals surface area contributed by atoms with Gasteiger partial charge in [-0.25, -0.2) is 4.98 Å². The van der Waals surface area contributed by atoms with Gasteiger partial charge in [0, 0.05) is 0 Å². The molecule has 1 aromatic carbocycles. The molecule has 0 aliphatic carbocycles. The van der Waals surface area contributed by atoms with Gasteiger partial charge in [-0.3, -0.25) is 4.79 Å². The van der Waals surface area contributed by atoms with E-state index in [2.05, 4.69) is 10.3 Å². The van der Waals surface area contributed by atoms with Gasteiger partial charge in [-0.05, 0) is 43.7 Å². The molecule has 124 valence electrons. The Morgan fingerprint density at radius 1 is 1.21 bits per heavy atom. The molecule has 1 heterocycles. The van der Waals surface area contributed by atoms with Crippen LogP contribution in [0.5, 0.6) is 0 Å². The lowest BCUT2D eigenvalue weighted by molar-refractivity contribution is -0.141. The molecule has 0 radical (unpaired) electrons. The number of carbonyl (C=O) groups excluding carboxylic acids is 1. The van der Waals surface area contributed by atoms with Gasteiger partial charge in [0.2, 0.25) is 0 Å². The first-order chi connectivity index (χ1) is 11.2. The summed E-state index contributed by atoms with van der Waals surface area (Å²) in [6, 6.07) is 10.2. The first-order valence-electron chi connectivity index (χ1n) is 7.08. The van der Waals surface area contributed by atoms with E-state index in [1.54, 1.807) is 31.2 Å². The average molecular weight is 333 g/mol. The molecule has 0 saturated heterocycles. The van der Waals surface area contributed by atoms with Gasteiger partial charge in [-0.1, -0.05) is 12.1 Å². The Bertz CT molecular complexity index is 792. The van der Waals surface area contributed by atoms with Crippen molar-refractivity contribution in [2.75, 3.05) is 0 Å². The number of benzene rings is 1. The van der Waals surface area contributed by atoms with Gasteiger partial charge >= 0.3 is 6.18 Å². The van der Waals surface area contributed by atoms with Crippen molar-refractivity contribution in [2.45, 2.75) is 26.1 Å². The number of nitrogens with one attached hydrogen (secondary N) is 1. The number of amides is 1. The molecular formula is C17H14F3N3O. The Balaban J connectivity index is 2.15. The summed E-state index contributed by atoms with van der Waals surface area (Å²) in [5.74, 6) is -0.509. The monoisotopic (exact) mass is 333 g/mol. The molecule has 1 atom stereocenters. The fourth-order valence-corrected chi connectivity index (χ4v) is 2.16. The maximum Gasteiger partial charge on any atom is 0.433 e. The normalized spacial score (nSPS) is 12.3. The van der Waals surface area contributed by atoms with Crippen LogP contribution in [0.3, 0.4) is 0 Å². The fraction of sp³-hybridized carbons (Fsp3) is 0.235. The molecule has 0 saturated carbocycles. The van der Waals surface area contributed by atoms with E-state index in [0.29, 0.717) is 5.56 Å². The zero-order valence-corrected chi connectivity index (χ0v) is 13.0. The van der Waals surface area contributed by atoms with Crippen LogP contribution < -0.4 is 5.32 Å². The number of alkyl halides is 3. The van der Waals surface area contributed by atoms with Crippen molar-refractivity contribution in [3.8, 4) is 6.07 Å². The van der Waals surface area contributed by atoms with Crippen molar-refractivity contribution in [1.82, 2.24) is 10.3 Å². The molecular weight excluding hydrogens is 319 g/mol. The van der Waals surface area contributed by atoms with E-state index in [9.17, 15) is 18.0 Å². The summed E-state index contributed by atoms with van der Waals surface area (Å²) in [5, 5.41) is 11.5. The first kappa shape index (κ1) is 17.5. The van der Waals surface area contributed by atoms with Crippen LogP contribution in [0.25, 0.3) is 0 Å². The van der Waals surface area contributed by atoms with Crippen LogP contribution in [-0.4, -0.2) is 10.9 Å². The number of aromatic nitrogens is 1. The van der Waals surface area contributed by atoms with Gasteiger partial charge in [0.1, 0.15) is 5.69 Å². The number of carbonyl (C=O) groups is 1. The van der Waals surface area contributed by atoms with Crippen molar-refractivity contribution >= 4 is 5.91 Å². The summed E-state index contributed by atoms with van der Waals surface area (Å²) in [4.78, 5) is 15.7. The summed E-state index contributed by atoms with van der Waals surface area (Å²) >= 11 is 0. The Morgan fingerprint density at radius 2 is 1.83 bits per heavy atom. The summed E-state index contributed by atoms with van der Waals surface area (Å²) in [6.07, 6.45) is -4.55. The Kier molecular flexibility index (Phi) is 4.88. The van der Waals surface area contributed by atoms with Crippen molar-refractivity contribution in [1.29, 1.82) is 5.26 Å². The molecule has 1 amide bonds. The first-order valence-corrected chi connectivity index (χ1v) is 7.08. The van der Waals surface area contributed by atoms with E-state index in [0.717, 1.165) is 17.7 Å². The van der Waals surface area contributed by atoms with Crippen molar-refractivity contribution < 1.29 is 18.0 Å². The largest absolute Gasteiger partial charge is 0.433 e. The van der Waals surface area contributed by atoms with E-state index in [-0.39, 0.29) is 17.3 Å². The summed E-state index contributed by atoms with van der Waals surface area (Å²) < 4.78 is 37.8. The molecule has 4 nitrogen and oxygen atoms in total. The van der Waals surface area contributed by atoms with Gasteiger partial charge in [0.25, 0.3) is 5.91 Å². The van der Waals surface area contributed by atoms with Crippen LogP contribution in [0.15, 0.2) is 36.4 Å². The van der Waals surface area contributed by atoms with Crippen LogP contribution in [0, 0.1) is 18.3 Å². The zero-order valence-electron chi connectivity index (χ0n) is 13.0. The SMILES string of the molecule is Cc1nc(C(F)(F)F)ccc1C(=O)NC(C)c1ccc(C#N)cc1. The molecule has 24 heavy (non-hydrogen) atoms. The van der Waals surface area contributed by atoms with Crippen LogP contribution in [0.4, 0.5) is 13.2 Å². The van der Waals surface area contributed by atoms with Crippen molar-refractivity contribution in [3.63, 3.8) is 0 Å². The highest BCUT2D eigenvalue weighted by molar-refractivity contribution is 5.95. The second-order valence-electron chi connectivity index (χ2n) is 5.26. The van der Waals surface area contributed by atoms with E-state index >= 15 is 0 Å². The maximum atomic E-state index is 12.6. The molecule has 0 aliphatic rings. The third-order valence-corrected chi connectivity index (χ3v) is 3.51. The zero-order chi connectivity index (χ0) is 17.9. The Hall–Kier alpha value is -2.88. The molecule has 2 aromatic rings. The van der Waals surface area contributed by atoms with Crippen molar-refractivity contribution in [2.24, 2.45) is 0 Å². The van der Waals surface area contributed by atoms with E-state index in [1.807, 2.05) is 6.07 Å². The number of nitriles is 1. The number of nitrogens with zero attached hydrogens (tertiary/aromatic N) is 2. The minimum Gasteiger partial charge on any atom is -0.345 e. The van der Waals surface area contributed by atoms with Gasteiger partial charge in [0.15, 0.2) is 0 Å². The number of hydrogen-bond donors (Lipinski definition) is 1. The lowest BCUT2D eigenvalue weighted by atomic mass is 10.1. The highest BCUT2D eigenvalue weighted by Crippen LogP contribution is 2.28. The van der Waals surface area contributed by atoms with Crippen LogP contribution in [0.1, 0.15) is 45.8 Å². The predicted octanol–water partition coefficient (Wildman–Crippen LogP) is 3.77. The van der Waals surface area contributed by atoms with Crippen LogP contribution in [0.2, 0.25) is 0 Å². The second kappa shape index (κ2) is 6.71. The molecule has 1 N–H and O–H groups in total. The van der Waals surface area contributed by atoms with E-state index in [4.69, 9.17) is 5.26 Å². The summed E-state index contributed by atoms with van der Waals surface area (Å²) in [7, 11) is 0. The molecule has 0 bridgehead atoms. The number of rotatable bonds is 3. The topological polar surface area (TPSA) is 65.8 Å². The van der Waals surface area contributed by atoms with Crippen LogP contribution >= 0.6 is 0 Å². The molecule has 2 rings (SSSR count). The van der Waals surface area contributed by atoms with E-state index in [1.165, 1.54) is 6.92 Å². The van der Waals surface area contributed by atoms with Gasteiger partial charge in [-0.15, -0.1) is 0 Å². The smallest absolute Gasteiger partial charge is 0.345 e. The minimum atomic E-state index is -4.55. The van der Waals surface area contributed by atoms with Crippen molar-refractivity contribution in [3.05, 3.63) is 64.5 Å². The Labute approximate surface area is 136 Å². The second-order valence-corrected chi connectivity index (χ2v) is 5.26. The third-order valence-electron chi connectivity index (χ3n) is 3.51. The highest BCUT2D eigenvalue weighted by atomic mass is 19.4. The quantitative estimate of drug-likeness (QED) is 0.930. The lowest BCUT2D eigenvalue weighted by Gasteiger charge is -2.16. The fourth-order valence-electron chi connectivity index (χ4n) is 2.16. The number of halogens is 3. The third kappa shape index (κ3) is 3.90. The van der Waals surface area contributed by atoms with Gasteiger partial charge in [-0.2, -0.15) is 18.4 Å². The number of aryl methyl sites for hydroxylation is 1. The molecule has 1 aromatic heterocycles. The lowest BCUT2D eigenvalue weighted by Crippen LogP contribution is -2.27. The molecule has 1 unspecified atom stereocenters. The number of hydrogen-bond acceptors (Lipinski definition) is 3. The maximum absolute atomic E-state index is 12.6. The molecule has 0 fully saturated rings. The summed E-state index contributed by atoms with van der Waals surface area (Å²) in [5.41, 5.74) is 0.342.